The first-order chi connectivity index (χ1) is 10.1. The summed E-state index contributed by atoms with van der Waals surface area (Å²) in [6.07, 6.45) is 0.809. The number of rotatable bonds is 3. The van der Waals surface area contributed by atoms with Gasteiger partial charge < -0.3 is 5.73 Å². The second-order valence-corrected chi connectivity index (χ2v) is 5.86. The summed E-state index contributed by atoms with van der Waals surface area (Å²) in [5.41, 5.74) is 10.9. The Morgan fingerprint density at radius 1 is 1.33 bits per heavy atom. The number of hydrogen-bond acceptors (Lipinski definition) is 5. The second kappa shape index (κ2) is 5.29. The van der Waals surface area contributed by atoms with Gasteiger partial charge in [0, 0.05) is 17.5 Å². The van der Waals surface area contributed by atoms with E-state index in [9.17, 15) is 0 Å². The van der Waals surface area contributed by atoms with Crippen molar-refractivity contribution in [3.05, 3.63) is 35.0 Å². The standard InChI is InChI=1S/C15H17N5S/c1-4-11-10(8-9(2)17-18-11)14-13(12-6-5-7-21-12)15(16)20(3)19-14/h5-8H,4,16H2,1-3H3. The molecule has 0 aliphatic rings. The molecule has 0 fully saturated rings. The van der Waals surface area contributed by atoms with Gasteiger partial charge >= 0.3 is 0 Å². The van der Waals surface area contributed by atoms with E-state index >= 15 is 0 Å². The summed E-state index contributed by atoms with van der Waals surface area (Å²) in [4.78, 5) is 1.12. The third kappa shape index (κ3) is 2.31. The first-order valence-corrected chi connectivity index (χ1v) is 7.69. The highest BCUT2D eigenvalue weighted by Crippen LogP contribution is 2.39. The van der Waals surface area contributed by atoms with Crippen molar-refractivity contribution in [3.63, 3.8) is 0 Å². The third-order valence-corrected chi connectivity index (χ3v) is 4.33. The maximum Gasteiger partial charge on any atom is 0.130 e. The van der Waals surface area contributed by atoms with Gasteiger partial charge in [-0.1, -0.05) is 13.0 Å². The topological polar surface area (TPSA) is 69.6 Å². The van der Waals surface area contributed by atoms with Crippen LogP contribution in [0.1, 0.15) is 18.3 Å². The van der Waals surface area contributed by atoms with E-state index in [0.717, 1.165) is 39.5 Å². The molecule has 2 N–H and O–H groups in total. The van der Waals surface area contributed by atoms with Gasteiger partial charge in [0.2, 0.25) is 0 Å². The lowest BCUT2D eigenvalue weighted by atomic mass is 10.0. The number of aromatic nitrogens is 4. The Labute approximate surface area is 127 Å². The van der Waals surface area contributed by atoms with Crippen LogP contribution in [0.2, 0.25) is 0 Å². The van der Waals surface area contributed by atoms with Gasteiger partial charge in [0.1, 0.15) is 11.5 Å². The van der Waals surface area contributed by atoms with Gasteiger partial charge in [-0.2, -0.15) is 15.3 Å². The molecule has 0 aromatic carbocycles. The van der Waals surface area contributed by atoms with E-state index in [1.54, 1.807) is 16.0 Å². The average molecular weight is 299 g/mol. The number of nitrogen functional groups attached to an aromatic ring is 1. The fourth-order valence-electron chi connectivity index (χ4n) is 2.37. The molecule has 0 amide bonds. The highest BCUT2D eigenvalue weighted by molar-refractivity contribution is 7.13. The zero-order valence-corrected chi connectivity index (χ0v) is 13.1. The lowest BCUT2D eigenvalue weighted by molar-refractivity contribution is 0.780. The summed E-state index contributed by atoms with van der Waals surface area (Å²) in [7, 11) is 1.86. The molecular weight excluding hydrogens is 282 g/mol. The van der Waals surface area contributed by atoms with Crippen LogP contribution in [0.15, 0.2) is 23.6 Å². The molecule has 0 spiro atoms. The quantitative estimate of drug-likeness (QED) is 0.807. The van der Waals surface area contributed by atoms with Crippen LogP contribution in [0.3, 0.4) is 0 Å². The van der Waals surface area contributed by atoms with Crippen molar-refractivity contribution in [2.24, 2.45) is 7.05 Å². The Bertz CT molecular complexity index is 774. The number of nitrogens with zero attached hydrogens (tertiary/aromatic N) is 4. The Hall–Kier alpha value is -2.21. The molecule has 21 heavy (non-hydrogen) atoms. The van der Waals surface area contributed by atoms with Gasteiger partial charge in [0.25, 0.3) is 0 Å². The smallest absolute Gasteiger partial charge is 0.130 e. The van der Waals surface area contributed by atoms with Gasteiger partial charge in [-0.05, 0) is 30.9 Å². The predicted octanol–water partition coefficient (Wildman–Crippen LogP) is 3.06. The molecule has 0 atom stereocenters. The van der Waals surface area contributed by atoms with E-state index in [-0.39, 0.29) is 0 Å². The Kier molecular flexibility index (Phi) is 3.47. The normalized spacial score (nSPS) is 11.0. The molecule has 0 aliphatic heterocycles. The summed E-state index contributed by atoms with van der Waals surface area (Å²) >= 11 is 1.66. The molecule has 3 rings (SSSR count). The van der Waals surface area contributed by atoms with E-state index in [1.165, 1.54) is 0 Å². The molecule has 3 aromatic rings. The summed E-state index contributed by atoms with van der Waals surface area (Å²) in [6, 6.07) is 6.12. The molecule has 3 aromatic heterocycles. The predicted molar refractivity (Wildman–Crippen MR) is 86.1 cm³/mol. The largest absolute Gasteiger partial charge is 0.383 e. The van der Waals surface area contributed by atoms with E-state index in [0.29, 0.717) is 5.82 Å². The van der Waals surface area contributed by atoms with Gasteiger partial charge in [-0.3, -0.25) is 4.68 Å². The van der Waals surface area contributed by atoms with Crippen LogP contribution >= 0.6 is 11.3 Å². The van der Waals surface area contributed by atoms with Crippen molar-refractivity contribution < 1.29 is 0 Å². The van der Waals surface area contributed by atoms with Crippen molar-refractivity contribution >= 4 is 17.2 Å². The van der Waals surface area contributed by atoms with Crippen molar-refractivity contribution in [2.75, 3.05) is 5.73 Å². The van der Waals surface area contributed by atoms with Crippen molar-refractivity contribution in [2.45, 2.75) is 20.3 Å². The molecule has 5 nitrogen and oxygen atoms in total. The first-order valence-electron chi connectivity index (χ1n) is 6.81. The SMILES string of the molecule is CCc1nnc(C)cc1-c1nn(C)c(N)c1-c1cccs1. The minimum absolute atomic E-state index is 0.670. The summed E-state index contributed by atoms with van der Waals surface area (Å²) in [5, 5.41) is 15.1. The molecule has 3 heterocycles. The van der Waals surface area contributed by atoms with Crippen LogP contribution in [0.5, 0.6) is 0 Å². The monoisotopic (exact) mass is 299 g/mol. The number of hydrogen-bond donors (Lipinski definition) is 1. The number of aryl methyl sites for hydroxylation is 3. The Balaban J connectivity index is 2.29. The summed E-state index contributed by atoms with van der Waals surface area (Å²) in [6.45, 7) is 4.01. The molecular formula is C15H17N5S. The molecule has 0 unspecified atom stereocenters. The van der Waals surface area contributed by atoms with E-state index in [1.807, 2.05) is 31.5 Å². The highest BCUT2D eigenvalue weighted by atomic mass is 32.1. The zero-order valence-electron chi connectivity index (χ0n) is 12.3. The van der Waals surface area contributed by atoms with E-state index in [2.05, 4.69) is 28.3 Å². The van der Waals surface area contributed by atoms with Gasteiger partial charge in [-0.25, -0.2) is 0 Å². The molecule has 108 valence electrons. The minimum atomic E-state index is 0.670. The fraction of sp³-hybridized carbons (Fsp3) is 0.267. The van der Waals surface area contributed by atoms with Crippen molar-refractivity contribution in [1.82, 2.24) is 20.0 Å². The molecule has 0 aliphatic carbocycles. The van der Waals surface area contributed by atoms with E-state index < -0.39 is 0 Å². The van der Waals surface area contributed by atoms with Crippen LogP contribution in [0.4, 0.5) is 5.82 Å². The van der Waals surface area contributed by atoms with Crippen LogP contribution in [-0.2, 0) is 13.5 Å². The molecule has 0 radical (unpaired) electrons. The lowest BCUT2D eigenvalue weighted by Crippen LogP contribution is -1.99. The lowest BCUT2D eigenvalue weighted by Gasteiger charge is -2.06. The van der Waals surface area contributed by atoms with Crippen LogP contribution in [-0.4, -0.2) is 20.0 Å². The maximum atomic E-state index is 6.23. The Morgan fingerprint density at radius 3 is 2.81 bits per heavy atom. The van der Waals surface area contributed by atoms with Crippen LogP contribution in [0.25, 0.3) is 21.7 Å². The zero-order chi connectivity index (χ0) is 15.0. The van der Waals surface area contributed by atoms with Gasteiger partial charge in [0.15, 0.2) is 0 Å². The minimum Gasteiger partial charge on any atom is -0.383 e. The molecule has 6 heteroatoms. The van der Waals surface area contributed by atoms with Crippen molar-refractivity contribution in [1.29, 1.82) is 0 Å². The number of nitrogens with two attached hydrogens (primary N) is 1. The fourth-order valence-corrected chi connectivity index (χ4v) is 3.15. The third-order valence-electron chi connectivity index (χ3n) is 3.44. The van der Waals surface area contributed by atoms with Crippen LogP contribution in [0, 0.1) is 6.92 Å². The number of anilines is 1. The van der Waals surface area contributed by atoms with Gasteiger partial charge in [-0.15, -0.1) is 11.3 Å². The second-order valence-electron chi connectivity index (χ2n) is 4.91. The summed E-state index contributed by atoms with van der Waals surface area (Å²) < 4.78 is 1.72. The molecule has 0 saturated carbocycles. The summed E-state index contributed by atoms with van der Waals surface area (Å²) in [5.74, 6) is 0.670. The maximum absolute atomic E-state index is 6.23. The first kappa shape index (κ1) is 13.8. The van der Waals surface area contributed by atoms with E-state index in [4.69, 9.17) is 5.73 Å². The van der Waals surface area contributed by atoms with Gasteiger partial charge in [0.05, 0.1) is 17.0 Å². The number of thiophene rings is 1. The molecule has 0 bridgehead atoms. The van der Waals surface area contributed by atoms with Crippen LogP contribution < -0.4 is 5.73 Å². The average Bonchev–Trinajstić information content (AvgIpc) is 3.08. The Morgan fingerprint density at radius 2 is 2.14 bits per heavy atom. The van der Waals surface area contributed by atoms with Crippen molar-refractivity contribution in [3.8, 4) is 21.7 Å². The molecule has 0 saturated heterocycles. The highest BCUT2D eigenvalue weighted by Gasteiger charge is 2.20.